The van der Waals surface area contributed by atoms with E-state index in [1.807, 2.05) is 36.3 Å². The third kappa shape index (κ3) is 9.46. The number of halogens is 1. The highest BCUT2D eigenvalue weighted by molar-refractivity contribution is 7.99. The first-order valence-corrected chi connectivity index (χ1v) is 17.7. The maximum absolute atomic E-state index is 12.3. The van der Waals surface area contributed by atoms with Crippen LogP contribution >= 0.6 is 23.4 Å². The number of pyridine rings is 1. The van der Waals surface area contributed by atoms with Crippen LogP contribution < -0.4 is 10.1 Å². The summed E-state index contributed by atoms with van der Waals surface area (Å²) in [5.41, 5.74) is 4.46. The van der Waals surface area contributed by atoms with Crippen molar-refractivity contribution in [3.05, 3.63) is 77.1 Å². The van der Waals surface area contributed by atoms with Gasteiger partial charge in [0.2, 0.25) is 0 Å². The molecule has 0 spiro atoms. The van der Waals surface area contributed by atoms with E-state index in [-0.39, 0.29) is 18.1 Å². The van der Waals surface area contributed by atoms with Gasteiger partial charge in [0.15, 0.2) is 0 Å². The molecule has 2 saturated carbocycles. The van der Waals surface area contributed by atoms with Gasteiger partial charge in [-0.3, -0.25) is 9.78 Å². The lowest BCUT2D eigenvalue weighted by Gasteiger charge is -2.23. The van der Waals surface area contributed by atoms with Crippen molar-refractivity contribution in [3.8, 4) is 16.9 Å². The number of amides is 1. The Labute approximate surface area is 276 Å². The molecule has 7 nitrogen and oxygen atoms in total. The summed E-state index contributed by atoms with van der Waals surface area (Å²) in [6.07, 6.45) is 12.2. The van der Waals surface area contributed by atoms with E-state index < -0.39 is 6.10 Å². The lowest BCUT2D eigenvalue weighted by molar-refractivity contribution is -0.139. The number of aromatic nitrogens is 1. The molecule has 1 unspecified atom stereocenters. The standard InChI is InChI=1S/C36H46ClN3O4S/c1-40(35(43)33(42)10-5-7-21-41)20-6-2-8-22-45-28-14-15-32(37)26(23-28)24-39-36(17-18-36)31-25-38-19-16-29(31)30-9-3-4-11-34(30)44-27-12-13-27/h3-4,9,11,14-16,19,23,25,27,33,39,41-42H,2,5-8,10,12-13,17-18,20-22,24H2,1H3. The van der Waals surface area contributed by atoms with Crippen LogP contribution in [0.25, 0.3) is 11.1 Å². The van der Waals surface area contributed by atoms with Crippen LogP contribution in [0.1, 0.15) is 75.3 Å². The zero-order valence-electron chi connectivity index (χ0n) is 26.2. The average molecular weight is 652 g/mol. The highest BCUT2D eigenvalue weighted by Gasteiger charge is 2.46. The number of thioether (sulfide) groups is 1. The molecular weight excluding hydrogens is 606 g/mol. The Kier molecular flexibility index (Phi) is 12.2. The minimum Gasteiger partial charge on any atom is -0.490 e. The highest BCUT2D eigenvalue weighted by atomic mass is 35.5. The predicted octanol–water partition coefficient (Wildman–Crippen LogP) is 6.97. The van der Waals surface area contributed by atoms with Crippen molar-refractivity contribution in [2.24, 2.45) is 0 Å². The second-order valence-corrected chi connectivity index (χ2v) is 13.9. The molecule has 1 heterocycles. The Hall–Kier alpha value is -2.62. The molecule has 2 aromatic carbocycles. The van der Waals surface area contributed by atoms with Crippen molar-refractivity contribution in [2.75, 3.05) is 26.0 Å². The van der Waals surface area contributed by atoms with Gasteiger partial charge < -0.3 is 25.2 Å². The molecule has 1 aromatic heterocycles. The summed E-state index contributed by atoms with van der Waals surface area (Å²) >= 11 is 8.50. The van der Waals surface area contributed by atoms with Crippen molar-refractivity contribution in [3.63, 3.8) is 0 Å². The normalized spacial score (nSPS) is 15.9. The van der Waals surface area contributed by atoms with Crippen LogP contribution in [0, 0.1) is 0 Å². The van der Waals surface area contributed by atoms with E-state index in [0.717, 1.165) is 72.6 Å². The SMILES string of the molecule is CN(CCCCCSc1ccc(Cl)c(CNC2(c3cnccc3-c3ccccc3OC3CC3)CC2)c1)C(=O)C(O)CCCCO. The van der Waals surface area contributed by atoms with Crippen LogP contribution in [-0.4, -0.2) is 64.2 Å². The molecular formula is C36H46ClN3O4S. The van der Waals surface area contributed by atoms with E-state index in [2.05, 4.69) is 46.7 Å². The first-order chi connectivity index (χ1) is 21.9. The van der Waals surface area contributed by atoms with E-state index >= 15 is 0 Å². The van der Waals surface area contributed by atoms with Gasteiger partial charge in [-0.1, -0.05) is 36.2 Å². The van der Waals surface area contributed by atoms with Gasteiger partial charge in [0.25, 0.3) is 5.91 Å². The predicted molar refractivity (Wildman–Crippen MR) is 182 cm³/mol. The number of unbranched alkanes of at least 4 members (excludes halogenated alkanes) is 3. The second-order valence-electron chi connectivity index (χ2n) is 12.3. The average Bonchev–Trinajstić information content (AvgIpc) is 4.00. The molecule has 5 rings (SSSR count). The maximum atomic E-state index is 12.3. The third-order valence-electron chi connectivity index (χ3n) is 8.67. The van der Waals surface area contributed by atoms with Crippen LogP contribution in [-0.2, 0) is 16.9 Å². The number of aliphatic hydroxyl groups is 2. The maximum Gasteiger partial charge on any atom is 0.251 e. The van der Waals surface area contributed by atoms with Crippen molar-refractivity contribution >= 4 is 29.3 Å². The summed E-state index contributed by atoms with van der Waals surface area (Å²) in [5.74, 6) is 1.70. The molecule has 3 N–H and O–H groups in total. The Balaban J connectivity index is 1.11. The smallest absolute Gasteiger partial charge is 0.251 e. The summed E-state index contributed by atoms with van der Waals surface area (Å²) in [6.45, 7) is 1.40. The van der Waals surface area contributed by atoms with E-state index in [9.17, 15) is 9.90 Å². The Morgan fingerprint density at radius 1 is 1.11 bits per heavy atom. The minimum atomic E-state index is -0.977. The van der Waals surface area contributed by atoms with Gasteiger partial charge >= 0.3 is 0 Å². The molecule has 0 radical (unpaired) electrons. The van der Waals surface area contributed by atoms with Crippen LogP contribution in [0.5, 0.6) is 5.75 Å². The number of para-hydroxylation sites is 1. The lowest BCUT2D eigenvalue weighted by Crippen LogP contribution is -2.37. The van der Waals surface area contributed by atoms with E-state index in [4.69, 9.17) is 21.4 Å². The van der Waals surface area contributed by atoms with Gasteiger partial charge in [0.1, 0.15) is 11.9 Å². The Morgan fingerprint density at radius 3 is 2.71 bits per heavy atom. The molecule has 242 valence electrons. The van der Waals surface area contributed by atoms with E-state index in [1.54, 1.807) is 11.9 Å². The fourth-order valence-corrected chi connectivity index (χ4v) is 6.79. The number of rotatable bonds is 19. The molecule has 2 aliphatic rings. The number of likely N-dealkylation sites (N-methyl/N-ethyl adjacent to an activating group) is 1. The van der Waals surface area contributed by atoms with Crippen molar-refractivity contribution in [1.29, 1.82) is 0 Å². The summed E-state index contributed by atoms with van der Waals surface area (Å²) in [6, 6.07) is 16.7. The number of hydrogen-bond acceptors (Lipinski definition) is 7. The Bertz CT molecular complexity index is 1410. The molecule has 1 amide bonds. The zero-order valence-corrected chi connectivity index (χ0v) is 27.8. The lowest BCUT2D eigenvalue weighted by atomic mass is 9.94. The Morgan fingerprint density at radius 2 is 1.93 bits per heavy atom. The molecule has 2 fully saturated rings. The van der Waals surface area contributed by atoms with Gasteiger partial charge in [0.05, 0.1) is 6.10 Å². The van der Waals surface area contributed by atoms with Crippen LogP contribution in [0.3, 0.4) is 0 Å². The number of nitrogens with zero attached hydrogens (tertiary/aromatic N) is 2. The largest absolute Gasteiger partial charge is 0.490 e. The zero-order chi connectivity index (χ0) is 31.6. The van der Waals surface area contributed by atoms with Gasteiger partial charge in [-0.2, -0.15) is 0 Å². The van der Waals surface area contributed by atoms with Crippen molar-refractivity contribution in [2.45, 2.75) is 93.4 Å². The monoisotopic (exact) mass is 651 g/mol. The van der Waals surface area contributed by atoms with E-state index in [0.29, 0.717) is 38.5 Å². The van der Waals surface area contributed by atoms with Crippen LogP contribution in [0.4, 0.5) is 0 Å². The molecule has 0 saturated heterocycles. The molecule has 45 heavy (non-hydrogen) atoms. The number of ether oxygens (including phenoxy) is 1. The second kappa shape index (κ2) is 16.3. The number of carbonyl (C=O) groups excluding carboxylic acids is 1. The molecule has 0 aliphatic heterocycles. The fourth-order valence-electron chi connectivity index (χ4n) is 5.63. The molecule has 0 bridgehead atoms. The molecule has 2 aliphatic carbocycles. The highest BCUT2D eigenvalue weighted by Crippen LogP contribution is 2.50. The minimum absolute atomic E-state index is 0.0865. The third-order valence-corrected chi connectivity index (χ3v) is 10.1. The summed E-state index contributed by atoms with van der Waals surface area (Å²) in [7, 11) is 1.75. The number of nitrogens with one attached hydrogen (secondary N) is 1. The first-order valence-electron chi connectivity index (χ1n) is 16.3. The summed E-state index contributed by atoms with van der Waals surface area (Å²) in [4.78, 5) is 19.7. The van der Waals surface area contributed by atoms with E-state index in [1.165, 1.54) is 16.0 Å². The number of hydrogen-bond donors (Lipinski definition) is 3. The van der Waals surface area contributed by atoms with Gasteiger partial charge in [-0.05, 0) is 111 Å². The number of benzene rings is 2. The fraction of sp³-hybridized carbons (Fsp3) is 0.500. The first kappa shape index (κ1) is 33.7. The molecule has 1 atom stereocenters. The van der Waals surface area contributed by atoms with Gasteiger partial charge in [-0.15, -0.1) is 11.8 Å². The summed E-state index contributed by atoms with van der Waals surface area (Å²) in [5, 5.41) is 23.6. The van der Waals surface area contributed by atoms with Crippen LogP contribution in [0.2, 0.25) is 5.02 Å². The van der Waals surface area contributed by atoms with Crippen LogP contribution in [0.15, 0.2) is 65.8 Å². The van der Waals surface area contributed by atoms with Gasteiger partial charge in [-0.25, -0.2) is 0 Å². The topological polar surface area (TPSA) is 94.9 Å². The number of aliphatic hydroxyl groups excluding tert-OH is 2. The quantitative estimate of drug-likeness (QED) is 0.0952. The van der Waals surface area contributed by atoms with Gasteiger partial charge in [0, 0.05) is 60.2 Å². The van der Waals surface area contributed by atoms with Crippen molar-refractivity contribution in [1.82, 2.24) is 15.2 Å². The summed E-state index contributed by atoms with van der Waals surface area (Å²) < 4.78 is 6.26. The molecule has 9 heteroatoms. The molecule has 3 aromatic rings. The number of carbonyl (C=O) groups is 1. The van der Waals surface area contributed by atoms with Crippen molar-refractivity contribution < 1.29 is 19.7 Å².